The van der Waals surface area contributed by atoms with E-state index in [1.165, 1.54) is 11.9 Å². The lowest BCUT2D eigenvalue weighted by Crippen LogP contribution is -2.52. The lowest BCUT2D eigenvalue weighted by molar-refractivity contribution is -0.123. The largest absolute Gasteiger partial charge is 0.477 e. The average Bonchev–Trinajstić information content (AvgIpc) is 2.93. The lowest BCUT2D eigenvalue weighted by Gasteiger charge is -2.40. The highest BCUT2D eigenvalue weighted by Gasteiger charge is 2.46. The molecule has 2 amide bonds. The zero-order valence-corrected chi connectivity index (χ0v) is 24.1. The molecule has 3 aromatic rings. The average molecular weight is 567 g/mol. The number of rotatable bonds is 8. The van der Waals surface area contributed by atoms with Crippen molar-refractivity contribution in [1.29, 1.82) is 0 Å². The summed E-state index contributed by atoms with van der Waals surface area (Å²) in [6.07, 6.45) is 8.60. The van der Waals surface area contributed by atoms with Crippen molar-refractivity contribution in [3.05, 3.63) is 48.7 Å². The Labute approximate surface area is 237 Å². The molecule has 1 aliphatic rings. The van der Waals surface area contributed by atoms with E-state index in [0.717, 1.165) is 5.56 Å². The molecule has 0 aromatic carbocycles. The van der Waals surface area contributed by atoms with Crippen LogP contribution in [0.5, 0.6) is 5.88 Å². The molecule has 13 heteroatoms. The number of carbonyl (C=O) groups is 2. The number of aromatic nitrogens is 5. The number of anilines is 2. The Bertz CT molecular complexity index is 1320. The number of carbonyl (C=O) groups excluding carboxylic acids is 2. The molecule has 0 bridgehead atoms. The van der Waals surface area contributed by atoms with Crippen LogP contribution >= 0.6 is 11.9 Å². The van der Waals surface area contributed by atoms with Crippen molar-refractivity contribution in [1.82, 2.24) is 29.8 Å². The fraction of sp³-hybridized carbons (Fsp3) is 0.444. The highest BCUT2D eigenvalue weighted by molar-refractivity contribution is 7.99. The molecule has 1 saturated heterocycles. The predicted octanol–water partition coefficient (Wildman–Crippen LogP) is 4.32. The standard InChI is InChI=1S/C27H34N8O4S/c1-6-38-22-17-28-16-19(31-22)18-7-8-21(30-15-18)33-23(36)27(20-9-12-29-24(32-20)34-40-5)10-13-35(14-11-27)25(37)39-26(2,3)4/h7-9,12,15-17H,6,10-11,13-14H2,1-5H3,(H,29,32,34)(H,30,33,36). The predicted molar refractivity (Wildman–Crippen MR) is 153 cm³/mol. The molecule has 0 aliphatic carbocycles. The molecule has 0 unspecified atom stereocenters. The zero-order valence-electron chi connectivity index (χ0n) is 23.3. The third-order valence-electron chi connectivity index (χ3n) is 6.25. The summed E-state index contributed by atoms with van der Waals surface area (Å²) in [6.45, 7) is 8.51. The summed E-state index contributed by atoms with van der Waals surface area (Å²) in [7, 11) is 0. The number of ether oxygens (including phenoxy) is 2. The molecule has 2 N–H and O–H groups in total. The van der Waals surface area contributed by atoms with Crippen molar-refractivity contribution >= 4 is 35.7 Å². The normalized spacial score (nSPS) is 14.8. The number of nitrogens with zero attached hydrogens (tertiary/aromatic N) is 6. The number of nitrogens with one attached hydrogen (secondary N) is 2. The molecular weight excluding hydrogens is 532 g/mol. The Morgan fingerprint density at radius 1 is 1.07 bits per heavy atom. The highest BCUT2D eigenvalue weighted by atomic mass is 32.2. The molecule has 3 aromatic heterocycles. The van der Waals surface area contributed by atoms with Gasteiger partial charge in [0.05, 0.1) is 35.8 Å². The molecule has 40 heavy (non-hydrogen) atoms. The van der Waals surface area contributed by atoms with Crippen molar-refractivity contribution in [2.45, 2.75) is 51.6 Å². The van der Waals surface area contributed by atoms with E-state index >= 15 is 0 Å². The van der Waals surface area contributed by atoms with Crippen LogP contribution in [-0.2, 0) is 14.9 Å². The smallest absolute Gasteiger partial charge is 0.410 e. The van der Waals surface area contributed by atoms with Gasteiger partial charge in [-0.25, -0.2) is 24.7 Å². The van der Waals surface area contributed by atoms with Crippen molar-refractivity contribution < 1.29 is 19.1 Å². The van der Waals surface area contributed by atoms with Crippen LogP contribution in [-0.4, -0.2) is 73.4 Å². The van der Waals surface area contributed by atoms with Crippen LogP contribution in [0.1, 0.15) is 46.2 Å². The topological polar surface area (TPSA) is 144 Å². The van der Waals surface area contributed by atoms with Gasteiger partial charge in [0.25, 0.3) is 0 Å². The number of hydrogen-bond acceptors (Lipinski definition) is 11. The first-order chi connectivity index (χ1) is 19.1. The summed E-state index contributed by atoms with van der Waals surface area (Å²) in [4.78, 5) is 50.2. The van der Waals surface area contributed by atoms with E-state index < -0.39 is 17.1 Å². The fourth-order valence-electron chi connectivity index (χ4n) is 4.32. The third-order valence-corrected chi connectivity index (χ3v) is 6.63. The molecule has 12 nitrogen and oxygen atoms in total. The summed E-state index contributed by atoms with van der Waals surface area (Å²) in [5, 5.41) is 2.96. The molecule has 0 saturated carbocycles. The van der Waals surface area contributed by atoms with E-state index in [-0.39, 0.29) is 5.91 Å². The van der Waals surface area contributed by atoms with Crippen LogP contribution in [0.4, 0.5) is 16.6 Å². The molecule has 212 valence electrons. The van der Waals surface area contributed by atoms with Crippen LogP contribution in [0.25, 0.3) is 11.3 Å². The number of piperidine rings is 1. The van der Waals surface area contributed by atoms with E-state index in [2.05, 4.69) is 35.0 Å². The molecule has 0 spiro atoms. The maximum atomic E-state index is 13.9. The van der Waals surface area contributed by atoms with Gasteiger partial charge < -0.3 is 19.7 Å². The van der Waals surface area contributed by atoms with Crippen LogP contribution in [0, 0.1) is 0 Å². The van der Waals surface area contributed by atoms with E-state index in [1.54, 1.807) is 41.8 Å². The summed E-state index contributed by atoms with van der Waals surface area (Å²) in [6, 6.07) is 5.27. The van der Waals surface area contributed by atoms with E-state index in [4.69, 9.17) is 9.47 Å². The Morgan fingerprint density at radius 3 is 2.50 bits per heavy atom. The number of pyridine rings is 1. The van der Waals surface area contributed by atoms with Crippen LogP contribution < -0.4 is 14.8 Å². The summed E-state index contributed by atoms with van der Waals surface area (Å²) < 4.78 is 14.0. The molecule has 0 atom stereocenters. The molecule has 0 radical (unpaired) electrons. The second kappa shape index (κ2) is 12.5. The van der Waals surface area contributed by atoms with Crippen LogP contribution in [0.2, 0.25) is 0 Å². The van der Waals surface area contributed by atoms with Gasteiger partial charge in [0.15, 0.2) is 0 Å². The Balaban J connectivity index is 1.56. The SMILES string of the molecule is CCOc1cncc(-c2ccc(NC(=O)C3(c4ccnc(NSC)n4)CCN(C(=O)OC(C)(C)C)CC3)nc2)n1. The number of hydrogen-bond donors (Lipinski definition) is 2. The second-order valence-electron chi connectivity index (χ2n) is 10.2. The second-order valence-corrected chi connectivity index (χ2v) is 10.8. The third kappa shape index (κ3) is 6.95. The first-order valence-corrected chi connectivity index (χ1v) is 14.2. The van der Waals surface area contributed by atoms with E-state index in [1.807, 2.05) is 40.0 Å². The maximum absolute atomic E-state index is 13.9. The summed E-state index contributed by atoms with van der Waals surface area (Å²) >= 11 is 1.36. The van der Waals surface area contributed by atoms with Crippen molar-refractivity contribution in [3.63, 3.8) is 0 Å². The van der Waals surface area contributed by atoms with Crippen LogP contribution in [0.15, 0.2) is 43.0 Å². The van der Waals surface area contributed by atoms with Gasteiger partial charge in [0.2, 0.25) is 17.7 Å². The number of amides is 2. The lowest BCUT2D eigenvalue weighted by atomic mass is 9.74. The fourth-order valence-corrected chi connectivity index (χ4v) is 4.60. The Morgan fingerprint density at radius 2 is 1.85 bits per heavy atom. The maximum Gasteiger partial charge on any atom is 0.410 e. The van der Waals surface area contributed by atoms with E-state index in [9.17, 15) is 9.59 Å². The van der Waals surface area contributed by atoms with Gasteiger partial charge in [-0.3, -0.25) is 14.5 Å². The quantitative estimate of drug-likeness (QED) is 0.376. The minimum absolute atomic E-state index is 0.261. The van der Waals surface area contributed by atoms with Gasteiger partial charge in [-0.15, -0.1) is 0 Å². The van der Waals surface area contributed by atoms with Crippen LogP contribution in [0.3, 0.4) is 0 Å². The molecule has 4 heterocycles. The van der Waals surface area contributed by atoms with Gasteiger partial charge in [0, 0.05) is 37.3 Å². The minimum atomic E-state index is -1.01. The minimum Gasteiger partial charge on any atom is -0.477 e. The molecule has 4 rings (SSSR count). The Hall–Kier alpha value is -4.00. The number of likely N-dealkylation sites (tertiary alicyclic amines) is 1. The first kappa shape index (κ1) is 29.0. The monoisotopic (exact) mass is 566 g/mol. The molecule has 1 aliphatic heterocycles. The van der Waals surface area contributed by atoms with Crippen molar-refractivity contribution in [2.24, 2.45) is 0 Å². The highest BCUT2D eigenvalue weighted by Crippen LogP contribution is 2.37. The van der Waals surface area contributed by atoms with Gasteiger partial charge in [-0.05, 0) is 58.7 Å². The van der Waals surface area contributed by atoms with Crippen molar-refractivity contribution in [2.75, 3.05) is 36.0 Å². The van der Waals surface area contributed by atoms with Gasteiger partial charge in [-0.1, -0.05) is 11.9 Å². The molecular formula is C27H34N8O4S. The summed E-state index contributed by atoms with van der Waals surface area (Å²) in [5.41, 5.74) is 0.295. The van der Waals surface area contributed by atoms with Crippen molar-refractivity contribution in [3.8, 4) is 17.1 Å². The molecule has 1 fully saturated rings. The van der Waals surface area contributed by atoms with Gasteiger partial charge in [0.1, 0.15) is 11.4 Å². The van der Waals surface area contributed by atoms with E-state index in [0.29, 0.717) is 61.6 Å². The first-order valence-electron chi connectivity index (χ1n) is 13.0. The Kier molecular flexibility index (Phi) is 9.03. The zero-order chi connectivity index (χ0) is 28.8. The van der Waals surface area contributed by atoms with Gasteiger partial charge >= 0.3 is 6.09 Å². The van der Waals surface area contributed by atoms with Gasteiger partial charge in [-0.2, -0.15) is 0 Å². The summed E-state index contributed by atoms with van der Waals surface area (Å²) in [5.74, 6) is 0.957.